The number of ketones is 1. The molecule has 0 amide bonds. The van der Waals surface area contributed by atoms with Crippen molar-refractivity contribution < 1.29 is 23.8 Å². The Labute approximate surface area is 90.2 Å². The molecule has 0 saturated carbocycles. The lowest BCUT2D eigenvalue weighted by atomic mass is 10.2. The number of carbonyl (C=O) groups is 2. The number of furan rings is 1. The van der Waals surface area contributed by atoms with Gasteiger partial charge in [0.15, 0.2) is 5.76 Å². The zero-order valence-corrected chi connectivity index (χ0v) is 8.39. The Bertz CT molecular complexity index is 567. The fraction of sp³-hybridized carbons (Fsp3) is 0.0909. The van der Waals surface area contributed by atoms with Crippen LogP contribution in [0.5, 0.6) is 5.75 Å². The topological polar surface area (TPSA) is 76.7 Å². The number of hydrogen-bond donors (Lipinski definition) is 1. The summed E-state index contributed by atoms with van der Waals surface area (Å²) >= 11 is 0. The number of aliphatic carboxylic acids is 1. The Kier molecular flexibility index (Phi) is 2.36. The molecule has 0 atom stereocenters. The van der Waals surface area contributed by atoms with Gasteiger partial charge in [0, 0.05) is 5.39 Å². The van der Waals surface area contributed by atoms with E-state index in [9.17, 15) is 9.59 Å². The van der Waals surface area contributed by atoms with Gasteiger partial charge in [-0.15, -0.1) is 0 Å². The van der Waals surface area contributed by atoms with Crippen LogP contribution < -0.4 is 4.74 Å². The summed E-state index contributed by atoms with van der Waals surface area (Å²) in [5.41, 5.74) is 0.449. The standard InChI is InChI=1S/C11H8O5/c1-15-7-2-3-8-6(4-7)5-9(16-8)10(12)11(13)14/h2-5H,1H3,(H,13,14). The van der Waals surface area contributed by atoms with Gasteiger partial charge in [-0.2, -0.15) is 0 Å². The van der Waals surface area contributed by atoms with Gasteiger partial charge in [0.05, 0.1) is 7.11 Å². The second kappa shape index (κ2) is 3.69. The summed E-state index contributed by atoms with van der Waals surface area (Å²) in [6.07, 6.45) is 0. The number of ether oxygens (including phenoxy) is 1. The number of hydrogen-bond acceptors (Lipinski definition) is 4. The van der Waals surface area contributed by atoms with Crippen molar-refractivity contribution in [3.63, 3.8) is 0 Å². The summed E-state index contributed by atoms with van der Waals surface area (Å²) in [5, 5.41) is 9.16. The number of carboxylic acid groups (broad SMARTS) is 1. The van der Waals surface area contributed by atoms with E-state index in [1.54, 1.807) is 18.2 Å². The molecule has 5 heteroatoms. The highest BCUT2D eigenvalue weighted by atomic mass is 16.5. The largest absolute Gasteiger partial charge is 0.497 e. The van der Waals surface area contributed by atoms with Crippen molar-refractivity contribution in [3.05, 3.63) is 30.0 Å². The highest BCUT2D eigenvalue weighted by Gasteiger charge is 2.19. The zero-order valence-electron chi connectivity index (χ0n) is 8.39. The van der Waals surface area contributed by atoms with Gasteiger partial charge in [0.1, 0.15) is 11.3 Å². The van der Waals surface area contributed by atoms with Crippen LogP contribution in [0.4, 0.5) is 0 Å². The highest BCUT2D eigenvalue weighted by Crippen LogP contribution is 2.24. The predicted molar refractivity (Wildman–Crippen MR) is 54.7 cm³/mol. The van der Waals surface area contributed by atoms with Crippen LogP contribution in [0.3, 0.4) is 0 Å². The van der Waals surface area contributed by atoms with Crippen molar-refractivity contribution in [2.45, 2.75) is 0 Å². The monoisotopic (exact) mass is 220 g/mol. The van der Waals surface area contributed by atoms with Crippen molar-refractivity contribution in [3.8, 4) is 5.75 Å². The maximum atomic E-state index is 11.1. The van der Waals surface area contributed by atoms with Gasteiger partial charge in [-0.25, -0.2) is 4.79 Å². The van der Waals surface area contributed by atoms with E-state index in [1.807, 2.05) is 0 Å². The van der Waals surface area contributed by atoms with Crippen LogP contribution in [0.1, 0.15) is 10.6 Å². The number of fused-ring (bicyclic) bond motifs is 1. The van der Waals surface area contributed by atoms with Crippen molar-refractivity contribution >= 4 is 22.7 Å². The molecule has 0 aliphatic heterocycles. The van der Waals surface area contributed by atoms with Crippen molar-refractivity contribution in [2.24, 2.45) is 0 Å². The molecule has 1 aromatic heterocycles. The van der Waals surface area contributed by atoms with E-state index in [2.05, 4.69) is 0 Å². The Hall–Kier alpha value is -2.30. The number of carbonyl (C=O) groups excluding carboxylic acids is 1. The molecule has 0 saturated heterocycles. The molecular formula is C11H8O5. The summed E-state index contributed by atoms with van der Waals surface area (Å²) in [5.74, 6) is -2.17. The first-order valence-corrected chi connectivity index (χ1v) is 4.47. The maximum Gasteiger partial charge on any atom is 0.380 e. The number of rotatable bonds is 3. The summed E-state index contributed by atoms with van der Waals surface area (Å²) < 4.78 is 10.1. The van der Waals surface area contributed by atoms with E-state index >= 15 is 0 Å². The fourth-order valence-electron chi connectivity index (χ4n) is 1.37. The Morgan fingerprint density at radius 3 is 2.69 bits per heavy atom. The second-order valence-corrected chi connectivity index (χ2v) is 3.15. The van der Waals surface area contributed by atoms with Gasteiger partial charge in [0.2, 0.25) is 0 Å². The highest BCUT2D eigenvalue weighted by molar-refractivity contribution is 6.39. The minimum atomic E-state index is -1.54. The molecule has 0 spiro atoms. The van der Waals surface area contributed by atoms with Gasteiger partial charge in [0.25, 0.3) is 0 Å². The molecule has 1 heterocycles. The number of carboxylic acids is 1. The third kappa shape index (κ3) is 1.63. The van der Waals surface area contributed by atoms with Crippen LogP contribution >= 0.6 is 0 Å². The van der Waals surface area contributed by atoms with Crippen molar-refractivity contribution in [1.82, 2.24) is 0 Å². The molecule has 2 rings (SSSR count). The molecule has 1 aromatic carbocycles. The third-order valence-corrected chi connectivity index (χ3v) is 2.14. The molecule has 0 unspecified atom stereocenters. The van der Waals surface area contributed by atoms with Gasteiger partial charge < -0.3 is 14.3 Å². The van der Waals surface area contributed by atoms with Crippen LogP contribution in [0, 0.1) is 0 Å². The maximum absolute atomic E-state index is 11.1. The molecule has 0 radical (unpaired) electrons. The lowest BCUT2D eigenvalue weighted by Crippen LogP contribution is -2.11. The Morgan fingerprint density at radius 1 is 1.31 bits per heavy atom. The summed E-state index contributed by atoms with van der Waals surface area (Å²) in [4.78, 5) is 21.6. The average Bonchev–Trinajstić information content (AvgIpc) is 2.69. The smallest absolute Gasteiger partial charge is 0.380 e. The number of methoxy groups -OCH3 is 1. The Morgan fingerprint density at radius 2 is 2.06 bits per heavy atom. The molecule has 0 fully saturated rings. The van der Waals surface area contributed by atoms with E-state index in [0.29, 0.717) is 16.7 Å². The van der Waals surface area contributed by atoms with Crippen LogP contribution in [0.2, 0.25) is 0 Å². The first-order chi connectivity index (χ1) is 7.61. The van der Waals surface area contributed by atoms with Crippen LogP contribution in [-0.2, 0) is 4.79 Å². The molecule has 1 N–H and O–H groups in total. The van der Waals surface area contributed by atoms with Gasteiger partial charge in [-0.1, -0.05) is 0 Å². The van der Waals surface area contributed by atoms with Gasteiger partial charge in [-0.3, -0.25) is 4.79 Å². The van der Waals surface area contributed by atoms with E-state index < -0.39 is 11.8 Å². The lowest BCUT2D eigenvalue weighted by molar-refractivity contribution is -0.131. The quantitative estimate of drug-likeness (QED) is 0.629. The minimum absolute atomic E-state index is 0.184. The first-order valence-electron chi connectivity index (χ1n) is 4.47. The third-order valence-electron chi connectivity index (χ3n) is 2.14. The van der Waals surface area contributed by atoms with Crippen LogP contribution in [0.15, 0.2) is 28.7 Å². The first kappa shape index (κ1) is 10.2. The summed E-state index contributed by atoms with van der Waals surface area (Å²) in [7, 11) is 1.52. The van der Waals surface area contributed by atoms with Crippen LogP contribution in [0.25, 0.3) is 11.0 Å². The molecule has 5 nitrogen and oxygen atoms in total. The number of Topliss-reactive ketones (excluding diaryl/α,β-unsaturated/α-hetero) is 1. The van der Waals surface area contributed by atoms with Gasteiger partial charge >= 0.3 is 11.8 Å². The molecule has 2 aromatic rings. The van der Waals surface area contributed by atoms with E-state index in [0.717, 1.165) is 0 Å². The molecule has 82 valence electrons. The molecule has 0 aliphatic carbocycles. The normalized spacial score (nSPS) is 10.3. The summed E-state index contributed by atoms with van der Waals surface area (Å²) in [6, 6.07) is 6.33. The number of benzene rings is 1. The lowest BCUT2D eigenvalue weighted by Gasteiger charge is -1.96. The zero-order chi connectivity index (χ0) is 11.7. The predicted octanol–water partition coefficient (Wildman–Crippen LogP) is 1.71. The average molecular weight is 220 g/mol. The van der Waals surface area contributed by atoms with E-state index in [1.165, 1.54) is 13.2 Å². The van der Waals surface area contributed by atoms with E-state index in [4.69, 9.17) is 14.3 Å². The fourth-order valence-corrected chi connectivity index (χ4v) is 1.37. The molecule has 0 aliphatic rings. The minimum Gasteiger partial charge on any atom is -0.497 e. The molecule has 0 bridgehead atoms. The Balaban J connectivity index is 2.51. The van der Waals surface area contributed by atoms with Crippen LogP contribution in [-0.4, -0.2) is 24.0 Å². The van der Waals surface area contributed by atoms with Gasteiger partial charge in [-0.05, 0) is 24.3 Å². The van der Waals surface area contributed by atoms with E-state index in [-0.39, 0.29) is 5.76 Å². The molecule has 16 heavy (non-hydrogen) atoms. The summed E-state index contributed by atoms with van der Waals surface area (Å²) in [6.45, 7) is 0. The van der Waals surface area contributed by atoms with Crippen molar-refractivity contribution in [1.29, 1.82) is 0 Å². The second-order valence-electron chi connectivity index (χ2n) is 3.15. The SMILES string of the molecule is COc1ccc2oc(C(=O)C(=O)O)cc2c1. The van der Waals surface area contributed by atoms with Crippen molar-refractivity contribution in [2.75, 3.05) is 7.11 Å². The molecular weight excluding hydrogens is 212 g/mol.